The first-order valence-electron chi connectivity index (χ1n) is 16.7. The molecule has 2 N–H and O–H groups in total. The Labute approximate surface area is 305 Å². The molecule has 1 aliphatic heterocycles. The lowest BCUT2D eigenvalue weighted by atomic mass is 9.98. The van der Waals surface area contributed by atoms with Crippen LogP contribution >= 0.6 is 23.2 Å². The number of nitrogens with one attached hydrogen (secondary N) is 2. The third-order valence-corrected chi connectivity index (χ3v) is 9.96. The number of anilines is 3. The summed E-state index contributed by atoms with van der Waals surface area (Å²) in [4.78, 5) is 11.8. The Hall–Kier alpha value is -5.02. The fourth-order valence-corrected chi connectivity index (χ4v) is 7.10. The Morgan fingerprint density at radius 3 is 2.55 bits per heavy atom. The molecule has 0 spiro atoms. The molecule has 0 bridgehead atoms. The average molecular weight is 724 g/mol. The van der Waals surface area contributed by atoms with Gasteiger partial charge in [0.2, 0.25) is 0 Å². The highest BCUT2D eigenvalue weighted by atomic mass is 35.5. The van der Waals surface area contributed by atoms with Crippen LogP contribution in [0.5, 0.6) is 0 Å². The number of likely N-dealkylation sites (tertiary alicyclic amines) is 1. The summed E-state index contributed by atoms with van der Waals surface area (Å²) >= 11 is 12.9. The van der Waals surface area contributed by atoms with Crippen molar-refractivity contribution >= 4 is 51.2 Å². The molecule has 0 saturated carbocycles. The van der Waals surface area contributed by atoms with Gasteiger partial charge in [-0.25, -0.2) is 14.1 Å². The highest BCUT2D eigenvalue weighted by molar-refractivity contribution is 6.32. The maximum atomic E-state index is 14.0. The zero-order valence-corrected chi connectivity index (χ0v) is 30.2. The van der Waals surface area contributed by atoms with Gasteiger partial charge in [-0.05, 0) is 75.6 Å². The SMILES string of the molecule is Cn1ccnc1-c1cccc([C@H](Nc2cc(Cl)cc3c(Nc4ccc(F)c(Cl)c4)c(C#N)cnc23)c2cn(C3CCN(C(C)(C)C)CC3)nn2)c1. The number of hydrogen-bond acceptors (Lipinski definition) is 8. The molecule has 6 aromatic rings. The molecule has 4 heterocycles. The molecule has 0 aliphatic carbocycles. The normalized spacial score (nSPS) is 14.8. The van der Waals surface area contributed by atoms with Gasteiger partial charge in [0.25, 0.3) is 0 Å². The van der Waals surface area contributed by atoms with E-state index in [0.717, 1.165) is 48.6 Å². The maximum Gasteiger partial charge on any atom is 0.141 e. The topological polar surface area (TPSA) is 113 Å². The standard InChI is InChI=1S/C38H37Cl2FN10/c1-38(2,3)50-13-10-28(11-14-50)51-22-33(47-48-51)35(23-6-5-7-24(16-23)37-43-12-15-49(37)4)46-32-18-26(39)17-29-34(25(20-42)21-44-36(29)32)45-27-8-9-31(41)30(40)19-27/h5-9,12,15-19,21-22,28,35,46H,10-11,13-14H2,1-4H3,(H,44,45)/t35-/m0/s1. The second-order valence-corrected chi connectivity index (χ2v) is 14.7. The van der Waals surface area contributed by atoms with E-state index in [4.69, 9.17) is 33.3 Å². The molecule has 3 aromatic carbocycles. The zero-order valence-electron chi connectivity index (χ0n) is 28.7. The van der Waals surface area contributed by atoms with Crippen molar-refractivity contribution in [3.8, 4) is 17.5 Å². The Morgan fingerprint density at radius 1 is 1.04 bits per heavy atom. The van der Waals surface area contributed by atoms with Gasteiger partial charge in [-0.15, -0.1) is 5.10 Å². The van der Waals surface area contributed by atoms with Crippen LogP contribution in [0.15, 0.2) is 79.4 Å². The van der Waals surface area contributed by atoms with Crippen molar-refractivity contribution in [1.29, 1.82) is 5.26 Å². The van der Waals surface area contributed by atoms with Crippen molar-refractivity contribution in [3.63, 3.8) is 0 Å². The van der Waals surface area contributed by atoms with Crippen LogP contribution in [-0.2, 0) is 7.05 Å². The lowest BCUT2D eigenvalue weighted by Crippen LogP contribution is -2.46. The van der Waals surface area contributed by atoms with Gasteiger partial charge in [0.15, 0.2) is 0 Å². The molecule has 7 rings (SSSR count). The zero-order chi connectivity index (χ0) is 35.9. The molecule has 10 nitrogen and oxygen atoms in total. The first-order chi connectivity index (χ1) is 24.5. The molecule has 1 aliphatic rings. The van der Waals surface area contributed by atoms with Gasteiger partial charge in [0, 0.05) is 65.9 Å². The molecule has 3 aromatic heterocycles. The minimum Gasteiger partial charge on any atom is -0.371 e. The van der Waals surface area contributed by atoms with Crippen molar-refractivity contribution < 1.29 is 4.39 Å². The minimum absolute atomic E-state index is 0.0410. The van der Waals surface area contributed by atoms with Gasteiger partial charge in [-0.1, -0.05) is 46.6 Å². The third kappa shape index (κ3) is 7.13. The Bertz CT molecular complexity index is 2260. The molecular weight excluding hydrogens is 686 g/mol. The highest BCUT2D eigenvalue weighted by Crippen LogP contribution is 2.38. The quantitative estimate of drug-likeness (QED) is 0.160. The predicted octanol–water partition coefficient (Wildman–Crippen LogP) is 8.92. The van der Waals surface area contributed by atoms with E-state index < -0.39 is 11.9 Å². The lowest BCUT2D eigenvalue weighted by molar-refractivity contribution is 0.0866. The third-order valence-electron chi connectivity index (χ3n) is 9.46. The van der Waals surface area contributed by atoms with Crippen molar-refractivity contribution in [2.24, 2.45) is 7.05 Å². The summed E-state index contributed by atoms with van der Waals surface area (Å²) in [6.45, 7) is 8.74. The van der Waals surface area contributed by atoms with E-state index in [1.165, 1.54) is 18.3 Å². The summed E-state index contributed by atoms with van der Waals surface area (Å²) in [5.74, 6) is 0.294. The number of pyridine rings is 1. The second-order valence-electron chi connectivity index (χ2n) is 13.8. The molecule has 0 unspecified atom stereocenters. The first-order valence-corrected chi connectivity index (χ1v) is 17.5. The first kappa shape index (κ1) is 34.4. The van der Waals surface area contributed by atoms with Gasteiger partial charge in [-0.2, -0.15) is 5.26 Å². The number of aryl methyl sites for hydroxylation is 1. The monoisotopic (exact) mass is 722 g/mol. The van der Waals surface area contributed by atoms with Gasteiger partial charge in [0.1, 0.15) is 23.4 Å². The second kappa shape index (κ2) is 13.9. The van der Waals surface area contributed by atoms with Crippen LogP contribution in [0, 0.1) is 17.1 Å². The van der Waals surface area contributed by atoms with Crippen molar-refractivity contribution in [2.75, 3.05) is 23.7 Å². The summed E-state index contributed by atoms with van der Waals surface area (Å²) in [6.07, 6.45) is 9.18. The molecular formula is C38H37Cl2FN10. The highest BCUT2D eigenvalue weighted by Gasteiger charge is 2.29. The van der Waals surface area contributed by atoms with E-state index in [1.807, 2.05) is 53.0 Å². The number of hydrogen-bond donors (Lipinski definition) is 2. The van der Waals surface area contributed by atoms with E-state index in [0.29, 0.717) is 33.0 Å². The predicted molar refractivity (Wildman–Crippen MR) is 200 cm³/mol. The van der Waals surface area contributed by atoms with Crippen molar-refractivity contribution in [2.45, 2.75) is 51.2 Å². The van der Waals surface area contributed by atoms with Crippen molar-refractivity contribution in [1.82, 2.24) is 34.4 Å². The van der Waals surface area contributed by atoms with E-state index in [-0.39, 0.29) is 22.2 Å². The number of nitriles is 1. The van der Waals surface area contributed by atoms with Gasteiger partial charge >= 0.3 is 0 Å². The van der Waals surface area contributed by atoms with Crippen LogP contribution in [0.1, 0.15) is 62.5 Å². The number of rotatable bonds is 8. The van der Waals surface area contributed by atoms with Crippen LogP contribution in [0.25, 0.3) is 22.3 Å². The summed E-state index contributed by atoms with van der Waals surface area (Å²) in [7, 11) is 1.96. The van der Waals surface area contributed by atoms with Crippen molar-refractivity contribution in [3.05, 3.63) is 112 Å². The van der Waals surface area contributed by atoms with Crippen LogP contribution in [0.4, 0.5) is 21.5 Å². The fraction of sp³-hybridized carbons (Fsp3) is 0.289. The van der Waals surface area contributed by atoms with E-state index in [2.05, 4.69) is 58.6 Å². The fourth-order valence-electron chi connectivity index (χ4n) is 6.70. The number of aromatic nitrogens is 6. The Morgan fingerprint density at radius 2 is 1.84 bits per heavy atom. The summed E-state index contributed by atoms with van der Waals surface area (Å²) < 4.78 is 17.9. The molecule has 1 saturated heterocycles. The molecule has 0 amide bonds. The number of nitrogens with zero attached hydrogens (tertiary/aromatic N) is 8. The number of halogens is 3. The van der Waals surface area contributed by atoms with Crippen LogP contribution < -0.4 is 10.6 Å². The number of benzene rings is 3. The van der Waals surface area contributed by atoms with Gasteiger partial charge in [-0.3, -0.25) is 9.88 Å². The smallest absolute Gasteiger partial charge is 0.141 e. The molecule has 51 heavy (non-hydrogen) atoms. The van der Waals surface area contributed by atoms with Gasteiger partial charge in [0.05, 0.1) is 45.8 Å². The van der Waals surface area contributed by atoms with Crippen LogP contribution in [0.3, 0.4) is 0 Å². The molecule has 260 valence electrons. The number of imidazole rings is 1. The van der Waals surface area contributed by atoms with Crippen LogP contribution in [-0.4, -0.2) is 53.1 Å². The largest absolute Gasteiger partial charge is 0.371 e. The van der Waals surface area contributed by atoms with E-state index in [1.54, 1.807) is 18.3 Å². The maximum absolute atomic E-state index is 14.0. The summed E-state index contributed by atoms with van der Waals surface area (Å²) in [5.41, 5.74) is 5.20. The molecule has 0 radical (unpaired) electrons. The number of piperidine rings is 1. The van der Waals surface area contributed by atoms with Gasteiger partial charge < -0.3 is 15.2 Å². The molecule has 13 heteroatoms. The average Bonchev–Trinajstić information content (AvgIpc) is 3.78. The Balaban J connectivity index is 1.30. The molecule has 1 fully saturated rings. The van der Waals surface area contributed by atoms with Crippen LogP contribution in [0.2, 0.25) is 10.0 Å². The molecule has 1 atom stereocenters. The summed E-state index contributed by atoms with van der Waals surface area (Å²) in [5, 5.41) is 27.3. The minimum atomic E-state index is -0.540. The lowest BCUT2D eigenvalue weighted by Gasteiger charge is -2.40. The Kier molecular flexibility index (Phi) is 9.42. The van der Waals surface area contributed by atoms with E-state index >= 15 is 0 Å². The summed E-state index contributed by atoms with van der Waals surface area (Å²) in [6, 6.07) is 18.0. The van der Waals surface area contributed by atoms with E-state index in [9.17, 15) is 9.65 Å². The number of fused-ring (bicyclic) bond motifs is 1.